The van der Waals surface area contributed by atoms with Crippen molar-refractivity contribution < 1.29 is 5.11 Å². The van der Waals surface area contributed by atoms with Gasteiger partial charge in [0.15, 0.2) is 0 Å². The summed E-state index contributed by atoms with van der Waals surface area (Å²) in [6.07, 6.45) is 1.47. The van der Waals surface area contributed by atoms with Gasteiger partial charge in [-0.3, -0.25) is 0 Å². The molecule has 2 rings (SSSR count). The number of hydrogen-bond acceptors (Lipinski definition) is 2. The molecule has 16 heavy (non-hydrogen) atoms. The molecule has 1 aromatic rings. The van der Waals surface area contributed by atoms with E-state index in [2.05, 4.69) is 19.2 Å². The van der Waals surface area contributed by atoms with E-state index >= 15 is 0 Å². The van der Waals surface area contributed by atoms with Crippen LogP contribution >= 0.6 is 11.6 Å². The summed E-state index contributed by atoms with van der Waals surface area (Å²) >= 11 is 5.97. The maximum Gasteiger partial charge on any atom is 0.0926 e. The first kappa shape index (κ1) is 11.9. The van der Waals surface area contributed by atoms with Gasteiger partial charge in [0.25, 0.3) is 0 Å². The van der Waals surface area contributed by atoms with Crippen molar-refractivity contribution in [1.82, 2.24) is 5.32 Å². The van der Waals surface area contributed by atoms with Crippen LogP contribution in [0.2, 0.25) is 5.02 Å². The normalized spacial score (nSPS) is 35.0. The molecule has 0 spiro atoms. The quantitative estimate of drug-likeness (QED) is 0.790. The van der Waals surface area contributed by atoms with Gasteiger partial charge in [-0.15, -0.1) is 0 Å². The van der Waals surface area contributed by atoms with Gasteiger partial charge in [0.2, 0.25) is 0 Å². The fraction of sp³-hybridized carbons (Fsp3) is 0.538. The van der Waals surface area contributed by atoms with Gasteiger partial charge in [-0.05, 0) is 44.4 Å². The molecule has 1 saturated heterocycles. The van der Waals surface area contributed by atoms with E-state index in [1.807, 2.05) is 24.3 Å². The van der Waals surface area contributed by atoms with Crippen LogP contribution in [0, 0.1) is 0 Å². The molecule has 3 atom stereocenters. The third-order valence-corrected chi connectivity index (χ3v) is 3.45. The summed E-state index contributed by atoms with van der Waals surface area (Å²) in [6.45, 7) is 4.20. The fourth-order valence-corrected chi connectivity index (χ4v) is 2.90. The molecule has 88 valence electrons. The molecule has 3 heteroatoms. The van der Waals surface area contributed by atoms with Crippen molar-refractivity contribution in [3.8, 4) is 0 Å². The lowest BCUT2D eigenvalue weighted by atomic mass is 9.79. The largest absolute Gasteiger partial charge is 0.385 e. The van der Waals surface area contributed by atoms with Crippen LogP contribution in [-0.4, -0.2) is 17.2 Å². The highest BCUT2D eigenvalue weighted by Gasteiger charge is 2.37. The number of hydrogen-bond donors (Lipinski definition) is 2. The van der Waals surface area contributed by atoms with Gasteiger partial charge in [0.1, 0.15) is 0 Å². The van der Waals surface area contributed by atoms with Gasteiger partial charge in [-0.25, -0.2) is 0 Å². The molecule has 0 saturated carbocycles. The monoisotopic (exact) mass is 239 g/mol. The van der Waals surface area contributed by atoms with E-state index in [0.717, 1.165) is 18.4 Å². The average Bonchev–Trinajstić information content (AvgIpc) is 2.15. The van der Waals surface area contributed by atoms with Gasteiger partial charge < -0.3 is 10.4 Å². The summed E-state index contributed by atoms with van der Waals surface area (Å²) < 4.78 is 0. The SMILES string of the molecule is C[C@@H]1CC(O)(c2cccc(Cl)c2)C[C@H](C)N1. The van der Waals surface area contributed by atoms with E-state index in [0.29, 0.717) is 17.1 Å². The minimum absolute atomic E-state index is 0.327. The summed E-state index contributed by atoms with van der Waals surface area (Å²) in [6, 6.07) is 8.21. The summed E-state index contributed by atoms with van der Waals surface area (Å²) in [5.74, 6) is 0. The zero-order valence-corrected chi connectivity index (χ0v) is 10.5. The number of halogens is 1. The van der Waals surface area contributed by atoms with Crippen LogP contribution in [0.15, 0.2) is 24.3 Å². The van der Waals surface area contributed by atoms with E-state index < -0.39 is 5.60 Å². The van der Waals surface area contributed by atoms with Crippen molar-refractivity contribution in [3.63, 3.8) is 0 Å². The maximum atomic E-state index is 10.7. The minimum atomic E-state index is -0.741. The van der Waals surface area contributed by atoms with Crippen LogP contribution in [0.1, 0.15) is 32.3 Å². The molecule has 2 N–H and O–H groups in total. The second-order valence-electron chi connectivity index (χ2n) is 4.92. The molecule has 1 aromatic carbocycles. The molecule has 1 aliphatic heterocycles. The van der Waals surface area contributed by atoms with Crippen LogP contribution < -0.4 is 5.32 Å². The summed E-state index contributed by atoms with van der Waals surface area (Å²) in [7, 11) is 0. The predicted octanol–water partition coefficient (Wildman–Crippen LogP) is 2.69. The standard InChI is InChI=1S/C13H18ClNO/c1-9-7-13(16,8-10(2)15-9)11-4-3-5-12(14)6-11/h3-6,9-10,15-16H,7-8H2,1-2H3/t9-,10+,13?. The smallest absolute Gasteiger partial charge is 0.0926 e. The molecule has 0 amide bonds. The molecule has 1 heterocycles. The Morgan fingerprint density at radius 2 is 1.94 bits per heavy atom. The van der Waals surface area contributed by atoms with Gasteiger partial charge in [-0.2, -0.15) is 0 Å². The fourth-order valence-electron chi connectivity index (χ4n) is 2.71. The molecular formula is C13H18ClNO. The van der Waals surface area contributed by atoms with E-state index in [9.17, 15) is 5.11 Å². The first-order chi connectivity index (χ1) is 7.49. The van der Waals surface area contributed by atoms with E-state index in [4.69, 9.17) is 11.6 Å². The van der Waals surface area contributed by atoms with Crippen molar-refractivity contribution in [2.75, 3.05) is 0 Å². The lowest BCUT2D eigenvalue weighted by molar-refractivity contribution is -0.0197. The highest BCUT2D eigenvalue weighted by atomic mass is 35.5. The van der Waals surface area contributed by atoms with Gasteiger partial charge in [0, 0.05) is 17.1 Å². The van der Waals surface area contributed by atoms with Gasteiger partial charge >= 0.3 is 0 Å². The summed E-state index contributed by atoms with van der Waals surface area (Å²) in [5, 5.41) is 14.8. The number of benzene rings is 1. The van der Waals surface area contributed by atoms with Crippen LogP contribution in [-0.2, 0) is 5.60 Å². The predicted molar refractivity (Wildman–Crippen MR) is 66.6 cm³/mol. The number of rotatable bonds is 1. The molecule has 0 aliphatic carbocycles. The Hall–Kier alpha value is -0.570. The molecule has 1 aliphatic rings. The Kier molecular flexibility index (Phi) is 3.24. The van der Waals surface area contributed by atoms with Crippen LogP contribution in [0.4, 0.5) is 0 Å². The highest BCUT2D eigenvalue weighted by Crippen LogP contribution is 2.35. The van der Waals surface area contributed by atoms with Gasteiger partial charge in [0.05, 0.1) is 5.60 Å². The van der Waals surface area contributed by atoms with Crippen LogP contribution in [0.25, 0.3) is 0 Å². The third kappa shape index (κ3) is 2.40. The van der Waals surface area contributed by atoms with Crippen LogP contribution in [0.3, 0.4) is 0 Å². The van der Waals surface area contributed by atoms with Crippen molar-refractivity contribution in [1.29, 1.82) is 0 Å². The second kappa shape index (κ2) is 4.36. The number of aliphatic hydroxyl groups is 1. The summed E-state index contributed by atoms with van der Waals surface area (Å²) in [4.78, 5) is 0. The lowest BCUT2D eigenvalue weighted by Gasteiger charge is -2.40. The molecule has 1 fully saturated rings. The minimum Gasteiger partial charge on any atom is -0.385 e. The van der Waals surface area contributed by atoms with Crippen molar-refractivity contribution >= 4 is 11.6 Å². The third-order valence-electron chi connectivity index (χ3n) is 3.22. The molecular weight excluding hydrogens is 222 g/mol. The maximum absolute atomic E-state index is 10.7. The Labute approximate surface area is 102 Å². The van der Waals surface area contributed by atoms with Crippen molar-refractivity contribution in [3.05, 3.63) is 34.9 Å². The van der Waals surface area contributed by atoms with Crippen LogP contribution in [0.5, 0.6) is 0 Å². The molecule has 0 bridgehead atoms. The van der Waals surface area contributed by atoms with Crippen molar-refractivity contribution in [2.45, 2.75) is 44.4 Å². The van der Waals surface area contributed by atoms with E-state index in [-0.39, 0.29) is 0 Å². The van der Waals surface area contributed by atoms with Crippen molar-refractivity contribution in [2.24, 2.45) is 0 Å². The Morgan fingerprint density at radius 3 is 2.50 bits per heavy atom. The van der Waals surface area contributed by atoms with Gasteiger partial charge in [-0.1, -0.05) is 23.7 Å². The average molecular weight is 240 g/mol. The zero-order valence-electron chi connectivity index (χ0n) is 9.70. The first-order valence-electron chi connectivity index (χ1n) is 5.74. The molecule has 2 nitrogen and oxygen atoms in total. The Morgan fingerprint density at radius 1 is 1.31 bits per heavy atom. The highest BCUT2D eigenvalue weighted by molar-refractivity contribution is 6.30. The molecule has 0 aromatic heterocycles. The summed E-state index contributed by atoms with van der Waals surface area (Å²) in [5.41, 5.74) is 0.190. The zero-order chi connectivity index (χ0) is 11.8. The Balaban J connectivity index is 2.30. The van der Waals surface area contributed by atoms with E-state index in [1.54, 1.807) is 0 Å². The molecule has 1 unspecified atom stereocenters. The van der Waals surface area contributed by atoms with E-state index in [1.165, 1.54) is 0 Å². The number of piperidine rings is 1. The second-order valence-corrected chi connectivity index (χ2v) is 5.36. The topological polar surface area (TPSA) is 32.3 Å². The first-order valence-corrected chi connectivity index (χ1v) is 6.12. The Bertz CT molecular complexity index is 370. The number of nitrogens with one attached hydrogen (secondary N) is 1. The lowest BCUT2D eigenvalue weighted by Crippen LogP contribution is -2.49. The molecule has 0 radical (unpaired) electrons.